The fraction of sp³-hybridized carbons (Fsp3) is 0.353. The van der Waals surface area contributed by atoms with Crippen LogP contribution < -0.4 is 11.2 Å². The molecule has 8 heteroatoms. The van der Waals surface area contributed by atoms with Crippen LogP contribution in [-0.2, 0) is 26.4 Å². The Morgan fingerprint density at radius 1 is 1.20 bits per heavy atom. The first-order valence-corrected chi connectivity index (χ1v) is 9.87. The van der Waals surface area contributed by atoms with Crippen LogP contribution in [0, 0.1) is 0 Å². The van der Waals surface area contributed by atoms with Crippen molar-refractivity contribution in [3.8, 4) is 0 Å². The van der Waals surface area contributed by atoms with Crippen LogP contribution in [0.5, 0.6) is 0 Å². The smallest absolute Gasteiger partial charge is 0.328 e. The molecule has 0 fully saturated rings. The molecule has 0 aliphatic carbocycles. The summed E-state index contributed by atoms with van der Waals surface area (Å²) in [4.78, 5) is 29.1. The molecule has 2 aromatic heterocycles. The summed E-state index contributed by atoms with van der Waals surface area (Å²) in [6.45, 7) is 0.412. The lowest BCUT2D eigenvalue weighted by Gasteiger charge is -2.09. The predicted octanol–water partition coefficient (Wildman–Crippen LogP) is 2.52. The first-order chi connectivity index (χ1) is 12.0. The predicted molar refractivity (Wildman–Crippen MR) is 105 cm³/mol. The zero-order valence-electron chi connectivity index (χ0n) is 14.1. The Labute approximate surface area is 157 Å². The standard InChI is InChI=1S/C17H19BrN4O2S/c1-20-11-19-15-14(20)16(23)22(17(24)21(15)2)8-5-9-25-10-12-6-3-4-7-13(12)18/h3-4,6-7,11H,5,8-10H2,1-2H3. The monoisotopic (exact) mass is 422 g/mol. The highest BCUT2D eigenvalue weighted by Crippen LogP contribution is 2.21. The molecule has 0 aliphatic heterocycles. The van der Waals surface area contributed by atoms with Crippen molar-refractivity contribution in [3.63, 3.8) is 0 Å². The van der Waals surface area contributed by atoms with Crippen LogP contribution in [0.4, 0.5) is 0 Å². The quantitative estimate of drug-likeness (QED) is 0.572. The maximum atomic E-state index is 12.6. The molecule has 25 heavy (non-hydrogen) atoms. The van der Waals surface area contributed by atoms with Gasteiger partial charge in [-0.1, -0.05) is 34.1 Å². The van der Waals surface area contributed by atoms with Gasteiger partial charge in [-0.15, -0.1) is 0 Å². The van der Waals surface area contributed by atoms with E-state index in [2.05, 4.69) is 27.0 Å². The minimum atomic E-state index is -0.313. The van der Waals surface area contributed by atoms with E-state index in [1.165, 1.54) is 14.7 Å². The van der Waals surface area contributed by atoms with Crippen LogP contribution in [0.1, 0.15) is 12.0 Å². The molecule has 0 saturated heterocycles. The molecule has 1 aromatic carbocycles. The second kappa shape index (κ2) is 7.61. The van der Waals surface area contributed by atoms with Crippen molar-refractivity contribution in [2.45, 2.75) is 18.7 Å². The Morgan fingerprint density at radius 2 is 1.96 bits per heavy atom. The van der Waals surface area contributed by atoms with E-state index in [0.29, 0.717) is 17.7 Å². The van der Waals surface area contributed by atoms with Gasteiger partial charge in [0, 0.05) is 30.9 Å². The lowest BCUT2D eigenvalue weighted by atomic mass is 10.2. The summed E-state index contributed by atoms with van der Waals surface area (Å²) in [6.07, 6.45) is 2.32. The van der Waals surface area contributed by atoms with E-state index in [0.717, 1.165) is 22.4 Å². The van der Waals surface area contributed by atoms with Gasteiger partial charge in [-0.05, 0) is 23.8 Å². The maximum absolute atomic E-state index is 12.6. The number of rotatable bonds is 6. The van der Waals surface area contributed by atoms with Crippen molar-refractivity contribution in [1.29, 1.82) is 0 Å². The minimum absolute atomic E-state index is 0.270. The SMILES string of the molecule is Cn1cnc2c1c(=O)n(CCCSCc1ccccc1Br)c(=O)n2C. The molecule has 0 saturated carbocycles. The Kier molecular flexibility index (Phi) is 5.48. The number of fused-ring (bicyclic) bond motifs is 1. The average Bonchev–Trinajstić information content (AvgIpc) is 2.99. The van der Waals surface area contributed by atoms with E-state index >= 15 is 0 Å². The topological polar surface area (TPSA) is 61.8 Å². The van der Waals surface area contributed by atoms with Gasteiger partial charge >= 0.3 is 5.69 Å². The Balaban J connectivity index is 1.68. The van der Waals surface area contributed by atoms with Gasteiger partial charge in [0.1, 0.15) is 0 Å². The Bertz CT molecular complexity index is 1020. The highest BCUT2D eigenvalue weighted by atomic mass is 79.9. The van der Waals surface area contributed by atoms with Crippen molar-refractivity contribution in [2.75, 3.05) is 5.75 Å². The van der Waals surface area contributed by atoms with Crippen molar-refractivity contribution in [3.05, 3.63) is 61.5 Å². The number of benzene rings is 1. The number of nitrogens with zero attached hydrogens (tertiary/aromatic N) is 4. The second-order valence-corrected chi connectivity index (χ2v) is 7.78. The summed E-state index contributed by atoms with van der Waals surface area (Å²) in [6, 6.07) is 8.14. The molecule has 0 spiro atoms. The van der Waals surface area contributed by atoms with Crippen LogP contribution in [0.2, 0.25) is 0 Å². The molecule has 0 unspecified atom stereocenters. The van der Waals surface area contributed by atoms with Gasteiger partial charge in [-0.25, -0.2) is 9.78 Å². The summed E-state index contributed by atoms with van der Waals surface area (Å²) < 4.78 is 5.51. The Hall–Kier alpha value is -1.80. The zero-order valence-corrected chi connectivity index (χ0v) is 16.5. The van der Waals surface area contributed by atoms with E-state index in [1.807, 2.05) is 18.2 Å². The zero-order chi connectivity index (χ0) is 18.0. The summed E-state index contributed by atoms with van der Waals surface area (Å²) in [5.74, 6) is 1.77. The number of hydrogen-bond acceptors (Lipinski definition) is 4. The first-order valence-electron chi connectivity index (χ1n) is 7.92. The molecule has 132 valence electrons. The molecular formula is C17H19BrN4O2S. The minimum Gasteiger partial charge on any atom is -0.328 e. The summed E-state index contributed by atoms with van der Waals surface area (Å²) in [7, 11) is 3.41. The van der Waals surface area contributed by atoms with Crippen LogP contribution in [0.25, 0.3) is 11.2 Å². The highest BCUT2D eigenvalue weighted by molar-refractivity contribution is 9.10. The van der Waals surface area contributed by atoms with Gasteiger partial charge in [0.15, 0.2) is 11.2 Å². The van der Waals surface area contributed by atoms with Crippen molar-refractivity contribution >= 4 is 38.9 Å². The van der Waals surface area contributed by atoms with Gasteiger partial charge in [0.25, 0.3) is 5.56 Å². The molecular weight excluding hydrogens is 404 g/mol. The van der Waals surface area contributed by atoms with Gasteiger partial charge in [0.05, 0.1) is 6.33 Å². The molecule has 2 heterocycles. The van der Waals surface area contributed by atoms with E-state index < -0.39 is 0 Å². The second-order valence-electron chi connectivity index (χ2n) is 5.82. The fourth-order valence-electron chi connectivity index (χ4n) is 2.72. The van der Waals surface area contributed by atoms with Crippen LogP contribution in [0.3, 0.4) is 0 Å². The molecule has 0 amide bonds. The molecule has 3 rings (SSSR count). The van der Waals surface area contributed by atoms with Crippen LogP contribution in [-0.4, -0.2) is 24.4 Å². The van der Waals surface area contributed by atoms with Crippen LogP contribution >= 0.6 is 27.7 Å². The molecule has 0 bridgehead atoms. The van der Waals surface area contributed by atoms with Gasteiger partial charge in [0.2, 0.25) is 0 Å². The molecule has 6 nitrogen and oxygen atoms in total. The number of aryl methyl sites for hydroxylation is 2. The van der Waals surface area contributed by atoms with Crippen LogP contribution in [0.15, 0.2) is 44.7 Å². The summed E-state index contributed by atoms with van der Waals surface area (Å²) >= 11 is 5.34. The molecule has 0 atom stereocenters. The van der Waals surface area contributed by atoms with E-state index in [-0.39, 0.29) is 11.2 Å². The number of aromatic nitrogens is 4. The molecule has 0 N–H and O–H groups in total. The van der Waals surface area contributed by atoms with Gasteiger partial charge in [-0.2, -0.15) is 11.8 Å². The molecule has 0 aliphatic rings. The van der Waals surface area contributed by atoms with Crippen molar-refractivity contribution < 1.29 is 0 Å². The first kappa shape index (κ1) is 18.0. The lowest BCUT2D eigenvalue weighted by Crippen LogP contribution is -2.39. The molecule has 0 radical (unpaired) electrons. The van der Waals surface area contributed by atoms with Gasteiger partial charge < -0.3 is 4.57 Å². The summed E-state index contributed by atoms with van der Waals surface area (Å²) in [5, 5.41) is 0. The summed E-state index contributed by atoms with van der Waals surface area (Å²) in [5.41, 5.74) is 1.55. The maximum Gasteiger partial charge on any atom is 0.332 e. The largest absolute Gasteiger partial charge is 0.332 e. The van der Waals surface area contributed by atoms with E-state index in [4.69, 9.17) is 0 Å². The normalized spacial score (nSPS) is 11.3. The highest BCUT2D eigenvalue weighted by Gasteiger charge is 2.14. The number of halogens is 1. The van der Waals surface area contributed by atoms with E-state index in [9.17, 15) is 9.59 Å². The number of hydrogen-bond donors (Lipinski definition) is 0. The van der Waals surface area contributed by atoms with Crippen molar-refractivity contribution in [1.82, 2.24) is 18.7 Å². The lowest BCUT2D eigenvalue weighted by molar-refractivity contribution is 0.594. The third kappa shape index (κ3) is 3.59. The molecule has 3 aromatic rings. The van der Waals surface area contributed by atoms with Gasteiger partial charge in [-0.3, -0.25) is 13.9 Å². The Morgan fingerprint density at radius 3 is 2.72 bits per heavy atom. The third-order valence-electron chi connectivity index (χ3n) is 4.09. The fourth-order valence-corrected chi connectivity index (χ4v) is 4.28. The van der Waals surface area contributed by atoms with E-state index in [1.54, 1.807) is 36.8 Å². The van der Waals surface area contributed by atoms with Crippen molar-refractivity contribution in [2.24, 2.45) is 14.1 Å². The number of thioether (sulfide) groups is 1. The third-order valence-corrected chi connectivity index (χ3v) is 5.95. The number of imidazole rings is 1. The average molecular weight is 423 g/mol.